The maximum atomic E-state index is 12.5. The van der Waals surface area contributed by atoms with Crippen molar-refractivity contribution in [2.75, 3.05) is 0 Å². The molecular formula is C14H13Cl3N2O. The molecule has 0 spiro atoms. The van der Waals surface area contributed by atoms with E-state index in [1.807, 2.05) is 6.92 Å². The minimum atomic E-state index is -0.486. The second-order valence-corrected chi connectivity index (χ2v) is 5.82. The van der Waals surface area contributed by atoms with Gasteiger partial charge < -0.3 is 0 Å². The fraction of sp³-hybridized carbons (Fsp3) is 0.286. The van der Waals surface area contributed by atoms with E-state index in [0.29, 0.717) is 26.3 Å². The highest BCUT2D eigenvalue weighted by molar-refractivity contribution is 6.37. The van der Waals surface area contributed by atoms with Crippen molar-refractivity contribution >= 4 is 40.6 Å². The van der Waals surface area contributed by atoms with E-state index < -0.39 is 6.04 Å². The van der Waals surface area contributed by atoms with Gasteiger partial charge in [0.05, 0.1) is 21.4 Å². The van der Waals surface area contributed by atoms with Gasteiger partial charge in [-0.15, -0.1) is 0 Å². The van der Waals surface area contributed by atoms with E-state index >= 15 is 0 Å². The number of aryl methyl sites for hydroxylation is 1. The Morgan fingerprint density at radius 1 is 1.25 bits per heavy atom. The zero-order valence-electron chi connectivity index (χ0n) is 11.2. The molecule has 20 heavy (non-hydrogen) atoms. The van der Waals surface area contributed by atoms with Crippen molar-refractivity contribution < 1.29 is 4.79 Å². The summed E-state index contributed by atoms with van der Waals surface area (Å²) in [5.41, 5.74) is 1.88. The molecule has 1 aromatic heterocycles. The average Bonchev–Trinajstić information content (AvgIpc) is 2.65. The first kappa shape index (κ1) is 15.4. The van der Waals surface area contributed by atoms with Crippen LogP contribution in [-0.4, -0.2) is 15.6 Å². The Morgan fingerprint density at radius 3 is 2.40 bits per heavy atom. The number of nitrogens with zero attached hydrogens (tertiary/aromatic N) is 2. The number of aromatic nitrogens is 2. The largest absolute Gasteiger partial charge is 0.292 e. The van der Waals surface area contributed by atoms with Crippen LogP contribution in [0.3, 0.4) is 0 Å². The lowest BCUT2D eigenvalue weighted by Crippen LogP contribution is -2.19. The summed E-state index contributed by atoms with van der Waals surface area (Å²) in [6.07, 6.45) is 0. The summed E-state index contributed by atoms with van der Waals surface area (Å²) in [4.78, 5) is 12.5. The van der Waals surface area contributed by atoms with Gasteiger partial charge in [0.2, 0.25) is 0 Å². The first-order chi connectivity index (χ1) is 9.32. The highest BCUT2D eigenvalue weighted by atomic mass is 35.5. The van der Waals surface area contributed by atoms with E-state index in [0.717, 1.165) is 5.69 Å². The third-order valence-electron chi connectivity index (χ3n) is 3.18. The van der Waals surface area contributed by atoms with E-state index in [2.05, 4.69) is 5.10 Å². The fourth-order valence-corrected chi connectivity index (χ4v) is 2.67. The van der Waals surface area contributed by atoms with Crippen LogP contribution in [0.25, 0.3) is 0 Å². The van der Waals surface area contributed by atoms with Gasteiger partial charge in [-0.3, -0.25) is 9.48 Å². The Morgan fingerprint density at radius 2 is 1.90 bits per heavy atom. The number of benzene rings is 1. The molecule has 0 aliphatic rings. The number of rotatable bonds is 3. The molecule has 1 aromatic carbocycles. The van der Waals surface area contributed by atoms with Gasteiger partial charge in [-0.1, -0.05) is 34.8 Å². The van der Waals surface area contributed by atoms with Gasteiger partial charge in [-0.05, 0) is 39.0 Å². The lowest BCUT2D eigenvalue weighted by atomic mass is 10.1. The van der Waals surface area contributed by atoms with Gasteiger partial charge in [0.25, 0.3) is 0 Å². The number of halogens is 3. The van der Waals surface area contributed by atoms with Crippen molar-refractivity contribution in [1.82, 2.24) is 9.78 Å². The van der Waals surface area contributed by atoms with Crippen LogP contribution in [0.5, 0.6) is 0 Å². The van der Waals surface area contributed by atoms with Crippen LogP contribution in [0.15, 0.2) is 18.2 Å². The maximum absolute atomic E-state index is 12.5. The summed E-state index contributed by atoms with van der Waals surface area (Å²) in [6.45, 7) is 5.40. The fourth-order valence-electron chi connectivity index (χ4n) is 2.05. The number of hydrogen-bond acceptors (Lipinski definition) is 2. The molecule has 6 heteroatoms. The number of carbonyl (C=O) groups excluding carboxylic acids is 1. The SMILES string of the molecule is Cc1nn(C(C)C(=O)c2ccc(Cl)cc2Cl)c(C)c1Cl. The summed E-state index contributed by atoms with van der Waals surface area (Å²) in [6, 6.07) is 4.33. The number of ketones is 1. The molecule has 0 N–H and O–H groups in total. The normalized spacial score (nSPS) is 12.5. The molecule has 3 nitrogen and oxygen atoms in total. The third kappa shape index (κ3) is 2.71. The summed E-state index contributed by atoms with van der Waals surface area (Å²) >= 11 is 18.0. The van der Waals surface area contributed by atoms with Crippen molar-refractivity contribution in [2.24, 2.45) is 0 Å². The van der Waals surface area contributed by atoms with Crippen LogP contribution in [0.1, 0.15) is 34.7 Å². The van der Waals surface area contributed by atoms with E-state index in [1.54, 1.807) is 36.7 Å². The van der Waals surface area contributed by atoms with Gasteiger partial charge in [-0.2, -0.15) is 5.10 Å². The Hall–Kier alpha value is -1.03. The van der Waals surface area contributed by atoms with E-state index in [4.69, 9.17) is 34.8 Å². The quantitative estimate of drug-likeness (QED) is 0.749. The molecule has 0 saturated carbocycles. The van der Waals surface area contributed by atoms with Gasteiger partial charge in [0, 0.05) is 10.6 Å². The second-order valence-electron chi connectivity index (χ2n) is 4.59. The molecule has 0 bridgehead atoms. The first-order valence-corrected chi connectivity index (χ1v) is 7.16. The first-order valence-electron chi connectivity index (χ1n) is 6.03. The molecule has 0 radical (unpaired) electrons. The highest BCUT2D eigenvalue weighted by Gasteiger charge is 2.23. The van der Waals surface area contributed by atoms with Crippen LogP contribution < -0.4 is 0 Å². The topological polar surface area (TPSA) is 34.9 Å². The zero-order chi connectivity index (χ0) is 15.0. The summed E-state index contributed by atoms with van der Waals surface area (Å²) in [7, 11) is 0. The number of Topliss-reactive ketones (excluding diaryl/α,β-unsaturated/α-hetero) is 1. The van der Waals surface area contributed by atoms with E-state index in [1.165, 1.54) is 0 Å². The van der Waals surface area contributed by atoms with Crippen molar-refractivity contribution in [3.8, 4) is 0 Å². The molecule has 0 saturated heterocycles. The highest BCUT2D eigenvalue weighted by Crippen LogP contribution is 2.27. The Kier molecular flexibility index (Phi) is 4.43. The molecule has 0 aliphatic carbocycles. The molecule has 1 heterocycles. The molecule has 0 amide bonds. The van der Waals surface area contributed by atoms with Crippen LogP contribution in [0.2, 0.25) is 15.1 Å². The number of carbonyl (C=O) groups is 1. The van der Waals surface area contributed by atoms with Gasteiger partial charge in [0.15, 0.2) is 5.78 Å². The molecule has 2 rings (SSSR count). The predicted molar refractivity (Wildman–Crippen MR) is 82.2 cm³/mol. The maximum Gasteiger partial charge on any atom is 0.188 e. The van der Waals surface area contributed by atoms with E-state index in [9.17, 15) is 4.79 Å². The minimum Gasteiger partial charge on any atom is -0.292 e. The molecule has 106 valence electrons. The zero-order valence-corrected chi connectivity index (χ0v) is 13.5. The van der Waals surface area contributed by atoms with Crippen molar-refractivity contribution in [2.45, 2.75) is 26.8 Å². The Balaban J connectivity index is 2.40. The van der Waals surface area contributed by atoms with Crippen molar-refractivity contribution in [3.05, 3.63) is 50.2 Å². The molecule has 1 atom stereocenters. The Labute approximate surface area is 132 Å². The second kappa shape index (κ2) is 5.76. The molecule has 0 fully saturated rings. The van der Waals surface area contributed by atoms with E-state index in [-0.39, 0.29) is 5.78 Å². The molecular weight excluding hydrogens is 319 g/mol. The van der Waals surface area contributed by atoms with Gasteiger partial charge in [0.1, 0.15) is 6.04 Å². The van der Waals surface area contributed by atoms with Crippen molar-refractivity contribution in [3.63, 3.8) is 0 Å². The Bertz CT molecular complexity index is 679. The monoisotopic (exact) mass is 330 g/mol. The van der Waals surface area contributed by atoms with Crippen molar-refractivity contribution in [1.29, 1.82) is 0 Å². The lowest BCUT2D eigenvalue weighted by molar-refractivity contribution is 0.0927. The van der Waals surface area contributed by atoms with Crippen LogP contribution in [0.4, 0.5) is 0 Å². The van der Waals surface area contributed by atoms with Crippen LogP contribution >= 0.6 is 34.8 Å². The predicted octanol–water partition coefficient (Wildman–Crippen LogP) is 4.90. The summed E-state index contributed by atoms with van der Waals surface area (Å²) in [5, 5.41) is 5.70. The minimum absolute atomic E-state index is 0.131. The molecule has 0 aliphatic heterocycles. The van der Waals surface area contributed by atoms with Crippen LogP contribution in [0, 0.1) is 13.8 Å². The molecule has 2 aromatic rings. The van der Waals surface area contributed by atoms with Gasteiger partial charge >= 0.3 is 0 Å². The summed E-state index contributed by atoms with van der Waals surface area (Å²) in [5.74, 6) is -0.131. The standard InChI is InChI=1S/C14H13Cl3N2O/c1-7-13(17)8(2)19(18-7)9(3)14(20)11-5-4-10(15)6-12(11)16/h4-6,9H,1-3H3. The summed E-state index contributed by atoms with van der Waals surface area (Å²) < 4.78 is 1.62. The van der Waals surface area contributed by atoms with Gasteiger partial charge in [-0.25, -0.2) is 0 Å². The molecule has 1 unspecified atom stereocenters. The number of hydrogen-bond donors (Lipinski definition) is 0. The lowest BCUT2D eigenvalue weighted by Gasteiger charge is -2.14. The average molecular weight is 332 g/mol. The smallest absolute Gasteiger partial charge is 0.188 e. The van der Waals surface area contributed by atoms with Crippen LogP contribution in [-0.2, 0) is 0 Å². The third-order valence-corrected chi connectivity index (χ3v) is 4.27.